The van der Waals surface area contributed by atoms with E-state index in [4.69, 9.17) is 0 Å². The zero-order valence-electron chi connectivity index (χ0n) is 10.1. The van der Waals surface area contributed by atoms with Crippen LogP contribution in [0, 0.1) is 6.92 Å². The molecule has 108 valence electrons. The fraction of sp³-hybridized carbons (Fsp3) is 0.300. The number of thiazole rings is 2. The topological polar surface area (TPSA) is 66.9 Å². The van der Waals surface area contributed by atoms with E-state index in [1.807, 2.05) is 5.32 Å². The molecule has 5 nitrogen and oxygen atoms in total. The van der Waals surface area contributed by atoms with Crippen molar-refractivity contribution in [1.29, 1.82) is 0 Å². The molecule has 0 aliphatic rings. The second kappa shape index (κ2) is 5.75. The van der Waals surface area contributed by atoms with E-state index in [1.54, 1.807) is 12.3 Å². The minimum absolute atomic E-state index is 0.204. The zero-order chi connectivity index (χ0) is 14.8. The number of anilines is 1. The van der Waals surface area contributed by atoms with Crippen LogP contribution < -0.4 is 10.6 Å². The Morgan fingerprint density at radius 3 is 2.65 bits per heavy atom. The Bertz CT molecular complexity index is 582. The Kier molecular flexibility index (Phi) is 4.23. The molecule has 1 unspecified atom stereocenters. The smallest absolute Gasteiger partial charge is 0.320 e. The van der Waals surface area contributed by atoms with Crippen molar-refractivity contribution in [2.45, 2.75) is 19.1 Å². The lowest BCUT2D eigenvalue weighted by Gasteiger charge is -2.19. The summed E-state index contributed by atoms with van der Waals surface area (Å²) in [5.41, 5.74) is 0.474. The number of urea groups is 1. The van der Waals surface area contributed by atoms with Gasteiger partial charge in [0.25, 0.3) is 0 Å². The highest BCUT2D eigenvalue weighted by Gasteiger charge is 2.43. The molecule has 0 bridgehead atoms. The predicted molar refractivity (Wildman–Crippen MR) is 69.9 cm³/mol. The fourth-order valence-corrected chi connectivity index (χ4v) is 2.73. The molecule has 20 heavy (non-hydrogen) atoms. The highest BCUT2D eigenvalue weighted by molar-refractivity contribution is 7.13. The number of nitrogens with one attached hydrogen (secondary N) is 2. The zero-order valence-corrected chi connectivity index (χ0v) is 11.7. The van der Waals surface area contributed by atoms with Gasteiger partial charge in [-0.3, -0.25) is 5.32 Å². The Balaban J connectivity index is 2.10. The summed E-state index contributed by atoms with van der Waals surface area (Å²) in [4.78, 5) is 19.1. The first-order valence-electron chi connectivity index (χ1n) is 5.32. The van der Waals surface area contributed by atoms with Crippen molar-refractivity contribution in [2.24, 2.45) is 0 Å². The van der Waals surface area contributed by atoms with Crippen molar-refractivity contribution >= 4 is 33.8 Å². The molecule has 0 aromatic carbocycles. The molecule has 0 aliphatic heterocycles. The summed E-state index contributed by atoms with van der Waals surface area (Å²) in [6, 6.07) is -3.11. The maximum absolute atomic E-state index is 13.0. The molecule has 2 heterocycles. The van der Waals surface area contributed by atoms with Gasteiger partial charge >= 0.3 is 12.2 Å². The number of hydrogen-bond donors (Lipinski definition) is 2. The van der Waals surface area contributed by atoms with Gasteiger partial charge in [-0.05, 0) is 6.92 Å². The normalized spacial score (nSPS) is 13.0. The number of hydrogen-bond acceptors (Lipinski definition) is 5. The maximum Gasteiger partial charge on any atom is 0.415 e. The Hall–Kier alpha value is -1.68. The number of amides is 2. The minimum atomic E-state index is -4.62. The van der Waals surface area contributed by atoms with Crippen molar-refractivity contribution in [1.82, 2.24) is 15.3 Å². The summed E-state index contributed by atoms with van der Waals surface area (Å²) in [6.07, 6.45) is -3.18. The minimum Gasteiger partial charge on any atom is -0.320 e. The summed E-state index contributed by atoms with van der Waals surface area (Å²) in [7, 11) is 0. The van der Waals surface area contributed by atoms with Crippen LogP contribution in [0.3, 0.4) is 0 Å². The van der Waals surface area contributed by atoms with E-state index in [0.29, 0.717) is 5.69 Å². The van der Waals surface area contributed by atoms with Crippen molar-refractivity contribution in [2.75, 3.05) is 5.32 Å². The van der Waals surface area contributed by atoms with E-state index in [-0.39, 0.29) is 10.1 Å². The third-order valence-corrected chi connectivity index (χ3v) is 3.86. The summed E-state index contributed by atoms with van der Waals surface area (Å²) in [6.45, 7) is 1.59. The van der Waals surface area contributed by atoms with Crippen LogP contribution in [0.5, 0.6) is 0 Å². The molecule has 0 saturated carbocycles. The SMILES string of the molecule is Cc1csc(C(NC(=O)Nc2nccs2)C(F)(F)F)n1. The molecule has 2 rings (SSSR count). The van der Waals surface area contributed by atoms with Gasteiger partial charge in [0.1, 0.15) is 5.01 Å². The molecule has 2 aromatic rings. The molecule has 2 amide bonds. The molecule has 2 N–H and O–H groups in total. The Morgan fingerprint density at radius 2 is 2.15 bits per heavy atom. The molecule has 0 aliphatic carbocycles. The lowest BCUT2D eigenvalue weighted by molar-refractivity contribution is -0.154. The standard InChI is InChI=1S/C10H9F3N4OS2/c1-5-4-20-7(15-5)6(10(11,12)13)16-8(18)17-9-14-2-3-19-9/h2-4,6H,1H3,(H2,14,16,17,18). The van der Waals surface area contributed by atoms with E-state index < -0.39 is 18.2 Å². The van der Waals surface area contributed by atoms with Gasteiger partial charge < -0.3 is 5.32 Å². The number of alkyl halides is 3. The van der Waals surface area contributed by atoms with Crippen molar-refractivity contribution < 1.29 is 18.0 Å². The van der Waals surface area contributed by atoms with Gasteiger partial charge in [0.05, 0.1) is 0 Å². The number of carbonyl (C=O) groups excluding carboxylic acids is 1. The monoisotopic (exact) mass is 322 g/mol. The molecule has 1 atom stereocenters. The van der Waals surface area contributed by atoms with E-state index in [1.165, 1.54) is 11.6 Å². The molecule has 2 aromatic heterocycles. The largest absolute Gasteiger partial charge is 0.415 e. The van der Waals surface area contributed by atoms with Crippen molar-refractivity contribution in [3.63, 3.8) is 0 Å². The summed E-state index contributed by atoms with van der Waals surface area (Å²) in [5.74, 6) is 0. The molecular weight excluding hydrogens is 313 g/mol. The number of carbonyl (C=O) groups is 1. The summed E-state index contributed by atoms with van der Waals surface area (Å²) < 4.78 is 38.9. The van der Waals surface area contributed by atoms with Crippen LogP contribution in [-0.4, -0.2) is 22.2 Å². The molecular formula is C10H9F3N4OS2. The second-order valence-electron chi connectivity index (χ2n) is 3.74. The molecule has 10 heteroatoms. The maximum atomic E-state index is 13.0. The van der Waals surface area contributed by atoms with Crippen LogP contribution in [0.4, 0.5) is 23.1 Å². The highest BCUT2D eigenvalue weighted by atomic mass is 32.1. The average Bonchev–Trinajstić information content (AvgIpc) is 2.96. The summed E-state index contributed by atoms with van der Waals surface area (Å²) in [5, 5.41) is 7.21. The third kappa shape index (κ3) is 3.67. The second-order valence-corrected chi connectivity index (χ2v) is 5.52. The third-order valence-electron chi connectivity index (χ3n) is 2.14. The number of halogens is 3. The van der Waals surface area contributed by atoms with Gasteiger partial charge in [-0.15, -0.1) is 22.7 Å². The average molecular weight is 322 g/mol. The predicted octanol–water partition coefficient (Wildman–Crippen LogP) is 3.33. The fourth-order valence-electron chi connectivity index (χ4n) is 1.34. The van der Waals surface area contributed by atoms with Crippen LogP contribution >= 0.6 is 22.7 Å². The van der Waals surface area contributed by atoms with Gasteiger partial charge in [-0.1, -0.05) is 0 Å². The highest BCUT2D eigenvalue weighted by Crippen LogP contribution is 2.34. The Labute approximate surface area is 119 Å². The van der Waals surface area contributed by atoms with Gasteiger partial charge in [0.2, 0.25) is 0 Å². The van der Waals surface area contributed by atoms with E-state index in [2.05, 4.69) is 15.3 Å². The number of aromatic nitrogens is 2. The van der Waals surface area contributed by atoms with Crippen LogP contribution in [0.2, 0.25) is 0 Å². The van der Waals surface area contributed by atoms with Gasteiger partial charge in [-0.25, -0.2) is 14.8 Å². The van der Waals surface area contributed by atoms with E-state index in [0.717, 1.165) is 22.7 Å². The first-order chi connectivity index (χ1) is 9.36. The van der Waals surface area contributed by atoms with E-state index >= 15 is 0 Å². The lowest BCUT2D eigenvalue weighted by Crippen LogP contribution is -2.40. The van der Waals surface area contributed by atoms with Gasteiger partial charge in [0.15, 0.2) is 11.2 Å². The van der Waals surface area contributed by atoms with Crippen LogP contribution in [0.25, 0.3) is 0 Å². The van der Waals surface area contributed by atoms with Crippen molar-refractivity contribution in [3.05, 3.63) is 27.7 Å². The number of nitrogens with zero attached hydrogens (tertiary/aromatic N) is 2. The van der Waals surface area contributed by atoms with Gasteiger partial charge in [0, 0.05) is 22.7 Å². The molecule has 0 saturated heterocycles. The number of rotatable bonds is 3. The molecule has 0 radical (unpaired) electrons. The Morgan fingerprint density at radius 1 is 1.40 bits per heavy atom. The lowest BCUT2D eigenvalue weighted by atomic mass is 10.3. The van der Waals surface area contributed by atoms with Crippen molar-refractivity contribution in [3.8, 4) is 0 Å². The van der Waals surface area contributed by atoms with Gasteiger partial charge in [-0.2, -0.15) is 13.2 Å². The quantitative estimate of drug-likeness (QED) is 0.911. The number of aryl methyl sites for hydroxylation is 1. The van der Waals surface area contributed by atoms with Crippen LogP contribution in [-0.2, 0) is 0 Å². The van der Waals surface area contributed by atoms with Crippen LogP contribution in [0.1, 0.15) is 16.7 Å². The molecule has 0 fully saturated rings. The first-order valence-corrected chi connectivity index (χ1v) is 7.08. The first kappa shape index (κ1) is 14.7. The van der Waals surface area contributed by atoms with Crippen LogP contribution in [0.15, 0.2) is 17.0 Å². The molecule has 0 spiro atoms. The van der Waals surface area contributed by atoms with E-state index in [9.17, 15) is 18.0 Å². The summed E-state index contributed by atoms with van der Waals surface area (Å²) >= 11 is 1.96.